The van der Waals surface area contributed by atoms with Crippen molar-refractivity contribution in [1.82, 2.24) is 5.32 Å². The van der Waals surface area contributed by atoms with E-state index in [2.05, 4.69) is 21.2 Å². The molecule has 6 heteroatoms. The SMILES string of the molecule is CCCC(O)CNC(=O)C(C)Oc1ccc(F)cc1Br. The molecule has 0 aliphatic heterocycles. The van der Waals surface area contributed by atoms with Gasteiger partial charge in [-0.2, -0.15) is 0 Å². The predicted molar refractivity (Wildman–Crippen MR) is 78.1 cm³/mol. The van der Waals surface area contributed by atoms with E-state index in [1.165, 1.54) is 18.2 Å². The summed E-state index contributed by atoms with van der Waals surface area (Å²) in [4.78, 5) is 11.8. The van der Waals surface area contributed by atoms with Gasteiger partial charge in [-0.05, 0) is 47.5 Å². The first-order chi connectivity index (χ1) is 9.43. The number of hydrogen-bond acceptors (Lipinski definition) is 3. The zero-order chi connectivity index (χ0) is 15.1. The summed E-state index contributed by atoms with van der Waals surface area (Å²) >= 11 is 3.17. The number of aliphatic hydroxyl groups is 1. The van der Waals surface area contributed by atoms with Gasteiger partial charge in [-0.15, -0.1) is 0 Å². The van der Waals surface area contributed by atoms with Crippen molar-refractivity contribution in [2.75, 3.05) is 6.54 Å². The smallest absolute Gasteiger partial charge is 0.260 e. The first-order valence-electron chi connectivity index (χ1n) is 6.51. The van der Waals surface area contributed by atoms with Crippen LogP contribution in [0.4, 0.5) is 4.39 Å². The number of ether oxygens (including phenoxy) is 1. The van der Waals surface area contributed by atoms with Gasteiger partial charge in [0.25, 0.3) is 5.91 Å². The molecule has 0 saturated heterocycles. The van der Waals surface area contributed by atoms with Gasteiger partial charge in [-0.25, -0.2) is 4.39 Å². The maximum absolute atomic E-state index is 12.9. The fraction of sp³-hybridized carbons (Fsp3) is 0.500. The minimum atomic E-state index is -0.731. The van der Waals surface area contributed by atoms with Gasteiger partial charge in [0.2, 0.25) is 0 Å². The van der Waals surface area contributed by atoms with Gasteiger partial charge >= 0.3 is 0 Å². The second-order valence-corrected chi connectivity index (χ2v) is 5.38. The molecule has 0 aromatic heterocycles. The Kier molecular flexibility index (Phi) is 6.95. The highest BCUT2D eigenvalue weighted by atomic mass is 79.9. The van der Waals surface area contributed by atoms with Crippen LogP contribution in [0.3, 0.4) is 0 Å². The molecule has 1 aromatic rings. The summed E-state index contributed by atoms with van der Waals surface area (Å²) in [6.07, 6.45) is 0.212. The molecule has 1 rings (SSSR count). The van der Waals surface area contributed by atoms with Gasteiger partial charge < -0.3 is 15.2 Å². The summed E-state index contributed by atoms with van der Waals surface area (Å²) in [7, 11) is 0. The predicted octanol–water partition coefficient (Wildman–Crippen LogP) is 2.63. The minimum absolute atomic E-state index is 0.199. The average molecular weight is 348 g/mol. The molecular weight excluding hydrogens is 329 g/mol. The number of carbonyl (C=O) groups excluding carboxylic acids is 1. The van der Waals surface area contributed by atoms with Crippen molar-refractivity contribution < 1.29 is 19.0 Å². The Balaban J connectivity index is 2.49. The third-order valence-corrected chi connectivity index (χ3v) is 3.32. The van der Waals surface area contributed by atoms with Crippen molar-refractivity contribution in [1.29, 1.82) is 0 Å². The molecule has 0 saturated carbocycles. The highest BCUT2D eigenvalue weighted by molar-refractivity contribution is 9.10. The van der Waals surface area contributed by atoms with Gasteiger partial charge in [0.05, 0.1) is 10.6 Å². The molecule has 4 nitrogen and oxygen atoms in total. The zero-order valence-corrected chi connectivity index (χ0v) is 13.1. The van der Waals surface area contributed by atoms with Crippen LogP contribution in [0.1, 0.15) is 26.7 Å². The molecule has 0 aliphatic carbocycles. The summed E-state index contributed by atoms with van der Waals surface area (Å²) in [5.74, 6) is -0.316. The Morgan fingerprint density at radius 2 is 2.25 bits per heavy atom. The molecule has 2 unspecified atom stereocenters. The molecule has 112 valence electrons. The number of hydrogen-bond donors (Lipinski definition) is 2. The molecule has 0 radical (unpaired) electrons. The number of amides is 1. The number of aliphatic hydroxyl groups excluding tert-OH is 1. The van der Waals surface area contributed by atoms with Gasteiger partial charge in [-0.1, -0.05) is 13.3 Å². The Labute approximate surface area is 126 Å². The third kappa shape index (κ3) is 5.46. The third-order valence-electron chi connectivity index (χ3n) is 2.70. The van der Waals surface area contributed by atoms with Gasteiger partial charge in [0.1, 0.15) is 11.6 Å². The quantitative estimate of drug-likeness (QED) is 0.797. The molecule has 2 atom stereocenters. The summed E-state index contributed by atoms with van der Waals surface area (Å²) < 4.78 is 18.8. The molecule has 0 fully saturated rings. The van der Waals surface area contributed by atoms with Crippen molar-refractivity contribution in [3.05, 3.63) is 28.5 Å². The summed E-state index contributed by atoms with van der Waals surface area (Å²) in [5.41, 5.74) is 0. The molecular formula is C14H19BrFNO3. The Morgan fingerprint density at radius 3 is 2.85 bits per heavy atom. The lowest BCUT2D eigenvalue weighted by molar-refractivity contribution is -0.127. The van der Waals surface area contributed by atoms with Crippen LogP contribution in [0, 0.1) is 5.82 Å². The normalized spacial score (nSPS) is 13.7. The largest absolute Gasteiger partial charge is 0.480 e. The second kappa shape index (κ2) is 8.21. The Hall–Kier alpha value is -1.14. The number of rotatable bonds is 7. The Morgan fingerprint density at radius 1 is 1.55 bits per heavy atom. The highest BCUT2D eigenvalue weighted by Crippen LogP contribution is 2.26. The monoisotopic (exact) mass is 347 g/mol. The molecule has 1 amide bonds. The minimum Gasteiger partial charge on any atom is -0.480 e. The molecule has 0 bridgehead atoms. The first kappa shape index (κ1) is 16.9. The fourth-order valence-corrected chi connectivity index (χ4v) is 2.06. The van der Waals surface area contributed by atoms with E-state index >= 15 is 0 Å². The van der Waals surface area contributed by atoms with Crippen molar-refractivity contribution in [3.8, 4) is 5.75 Å². The maximum Gasteiger partial charge on any atom is 0.260 e. The summed E-state index contributed by atoms with van der Waals surface area (Å²) in [6.45, 7) is 3.76. The number of nitrogens with one attached hydrogen (secondary N) is 1. The van der Waals surface area contributed by atoms with Crippen LogP contribution in [0.25, 0.3) is 0 Å². The number of benzene rings is 1. The van der Waals surface area contributed by atoms with E-state index in [-0.39, 0.29) is 18.3 Å². The van der Waals surface area contributed by atoms with Crippen LogP contribution in [-0.2, 0) is 4.79 Å². The molecule has 2 N–H and O–H groups in total. The standard InChI is InChI=1S/C14H19BrFNO3/c1-3-4-11(18)8-17-14(19)9(2)20-13-6-5-10(16)7-12(13)15/h5-7,9,11,18H,3-4,8H2,1-2H3,(H,17,19). The van der Waals surface area contributed by atoms with E-state index in [0.717, 1.165) is 6.42 Å². The maximum atomic E-state index is 12.9. The van der Waals surface area contributed by atoms with E-state index < -0.39 is 12.2 Å². The van der Waals surface area contributed by atoms with Crippen LogP contribution >= 0.6 is 15.9 Å². The van der Waals surface area contributed by atoms with Gasteiger partial charge in [-0.3, -0.25) is 4.79 Å². The summed E-state index contributed by atoms with van der Waals surface area (Å²) in [5, 5.41) is 12.2. The van der Waals surface area contributed by atoms with E-state index in [1.807, 2.05) is 6.92 Å². The van der Waals surface area contributed by atoms with Crippen LogP contribution < -0.4 is 10.1 Å². The van der Waals surface area contributed by atoms with Crippen LogP contribution in [0.15, 0.2) is 22.7 Å². The molecule has 1 aromatic carbocycles. The first-order valence-corrected chi connectivity index (χ1v) is 7.30. The molecule has 0 aliphatic rings. The van der Waals surface area contributed by atoms with Gasteiger partial charge in [0, 0.05) is 6.54 Å². The molecule has 0 heterocycles. The lowest BCUT2D eigenvalue weighted by Gasteiger charge is -2.17. The number of halogens is 2. The highest BCUT2D eigenvalue weighted by Gasteiger charge is 2.17. The van der Waals surface area contributed by atoms with E-state index in [9.17, 15) is 14.3 Å². The van der Waals surface area contributed by atoms with Crippen molar-refractivity contribution in [2.45, 2.75) is 38.9 Å². The van der Waals surface area contributed by atoms with Gasteiger partial charge in [0.15, 0.2) is 6.10 Å². The molecule has 0 spiro atoms. The Bertz CT molecular complexity index is 456. The molecule has 20 heavy (non-hydrogen) atoms. The second-order valence-electron chi connectivity index (χ2n) is 4.52. The van der Waals surface area contributed by atoms with Crippen LogP contribution in [-0.4, -0.2) is 29.8 Å². The topological polar surface area (TPSA) is 58.6 Å². The van der Waals surface area contributed by atoms with Crippen molar-refractivity contribution in [2.24, 2.45) is 0 Å². The fourth-order valence-electron chi connectivity index (χ4n) is 1.61. The van der Waals surface area contributed by atoms with Crippen LogP contribution in [0.5, 0.6) is 5.75 Å². The van der Waals surface area contributed by atoms with Crippen molar-refractivity contribution >= 4 is 21.8 Å². The zero-order valence-electron chi connectivity index (χ0n) is 11.5. The lowest BCUT2D eigenvalue weighted by Crippen LogP contribution is -2.40. The van der Waals surface area contributed by atoms with E-state index in [4.69, 9.17) is 4.74 Å². The van der Waals surface area contributed by atoms with E-state index in [0.29, 0.717) is 16.6 Å². The lowest BCUT2D eigenvalue weighted by atomic mass is 10.2. The summed E-state index contributed by atoms with van der Waals surface area (Å²) in [6, 6.07) is 3.98. The number of carbonyl (C=O) groups is 1. The van der Waals surface area contributed by atoms with E-state index in [1.54, 1.807) is 6.92 Å². The van der Waals surface area contributed by atoms with Crippen molar-refractivity contribution in [3.63, 3.8) is 0 Å². The average Bonchev–Trinajstić information content (AvgIpc) is 2.39. The van der Waals surface area contributed by atoms with Crippen LogP contribution in [0.2, 0.25) is 0 Å².